The molecular formula is C11H19N3O. The fourth-order valence-corrected chi connectivity index (χ4v) is 1.53. The Bertz CT molecular complexity index is 300. The van der Waals surface area contributed by atoms with E-state index in [4.69, 9.17) is 5.73 Å². The SMILES string of the molecule is CCN(CC)c1ccnc(C(O)CN)c1. The zero-order valence-electron chi connectivity index (χ0n) is 9.35. The van der Waals surface area contributed by atoms with E-state index in [0.717, 1.165) is 18.8 Å². The topological polar surface area (TPSA) is 62.4 Å². The highest BCUT2D eigenvalue weighted by Crippen LogP contribution is 2.17. The molecule has 1 aromatic heterocycles. The van der Waals surface area contributed by atoms with Crippen LogP contribution >= 0.6 is 0 Å². The standard InChI is InChI=1S/C11H19N3O/c1-3-14(4-2)9-5-6-13-10(7-9)11(15)8-12/h5-7,11,15H,3-4,8,12H2,1-2H3. The molecule has 1 unspecified atom stereocenters. The Morgan fingerprint density at radius 1 is 1.47 bits per heavy atom. The third kappa shape index (κ3) is 2.91. The fraction of sp³-hybridized carbons (Fsp3) is 0.545. The number of nitrogens with zero attached hydrogens (tertiary/aromatic N) is 2. The summed E-state index contributed by atoms with van der Waals surface area (Å²) in [4.78, 5) is 6.31. The molecule has 0 fully saturated rings. The normalized spacial score (nSPS) is 12.5. The third-order valence-corrected chi connectivity index (χ3v) is 2.46. The van der Waals surface area contributed by atoms with E-state index in [9.17, 15) is 5.11 Å². The Labute approximate surface area is 90.7 Å². The summed E-state index contributed by atoms with van der Waals surface area (Å²) in [6, 6.07) is 3.84. The van der Waals surface area contributed by atoms with Crippen molar-refractivity contribution in [3.05, 3.63) is 24.0 Å². The molecule has 0 aliphatic carbocycles. The Hall–Kier alpha value is -1.13. The van der Waals surface area contributed by atoms with Gasteiger partial charge in [0.1, 0.15) is 6.10 Å². The van der Waals surface area contributed by atoms with Crippen LogP contribution in [0.2, 0.25) is 0 Å². The Balaban J connectivity index is 2.91. The zero-order valence-corrected chi connectivity index (χ0v) is 9.35. The second-order valence-corrected chi connectivity index (χ2v) is 3.36. The Morgan fingerprint density at radius 2 is 2.13 bits per heavy atom. The maximum atomic E-state index is 9.57. The molecule has 1 heterocycles. The summed E-state index contributed by atoms with van der Waals surface area (Å²) in [6.07, 6.45) is 1.04. The highest BCUT2D eigenvalue weighted by molar-refractivity contribution is 5.46. The van der Waals surface area contributed by atoms with Gasteiger partial charge in [0.25, 0.3) is 0 Å². The van der Waals surface area contributed by atoms with Crippen LogP contribution in [-0.4, -0.2) is 29.7 Å². The van der Waals surface area contributed by atoms with E-state index in [1.165, 1.54) is 0 Å². The third-order valence-electron chi connectivity index (χ3n) is 2.46. The number of nitrogens with two attached hydrogens (primary N) is 1. The van der Waals surface area contributed by atoms with Gasteiger partial charge in [0, 0.05) is 31.5 Å². The average Bonchev–Trinajstić information content (AvgIpc) is 2.30. The smallest absolute Gasteiger partial charge is 0.108 e. The number of aromatic nitrogens is 1. The first-order valence-corrected chi connectivity index (χ1v) is 5.31. The summed E-state index contributed by atoms with van der Waals surface area (Å²) in [5.41, 5.74) is 7.11. The molecule has 3 N–H and O–H groups in total. The highest BCUT2D eigenvalue weighted by Gasteiger charge is 2.09. The van der Waals surface area contributed by atoms with Crippen molar-refractivity contribution in [2.75, 3.05) is 24.5 Å². The van der Waals surface area contributed by atoms with Crippen molar-refractivity contribution in [2.24, 2.45) is 5.73 Å². The second-order valence-electron chi connectivity index (χ2n) is 3.36. The molecule has 0 saturated carbocycles. The molecular weight excluding hydrogens is 190 g/mol. The number of rotatable bonds is 5. The van der Waals surface area contributed by atoms with E-state index in [0.29, 0.717) is 5.69 Å². The minimum Gasteiger partial charge on any atom is -0.385 e. The first kappa shape index (κ1) is 11.9. The predicted molar refractivity (Wildman–Crippen MR) is 61.8 cm³/mol. The number of aliphatic hydroxyl groups excluding tert-OH is 1. The summed E-state index contributed by atoms with van der Waals surface area (Å²) in [6.45, 7) is 6.29. The van der Waals surface area contributed by atoms with E-state index < -0.39 is 6.10 Å². The molecule has 15 heavy (non-hydrogen) atoms. The molecule has 0 aromatic carbocycles. The molecule has 1 atom stereocenters. The molecule has 0 radical (unpaired) electrons. The largest absolute Gasteiger partial charge is 0.385 e. The molecule has 1 rings (SSSR count). The van der Waals surface area contributed by atoms with E-state index in [2.05, 4.69) is 23.7 Å². The molecule has 1 aromatic rings. The molecule has 0 bridgehead atoms. The van der Waals surface area contributed by atoms with Gasteiger partial charge >= 0.3 is 0 Å². The molecule has 4 heteroatoms. The van der Waals surface area contributed by atoms with Crippen LogP contribution < -0.4 is 10.6 Å². The van der Waals surface area contributed by atoms with Crippen molar-refractivity contribution in [1.29, 1.82) is 0 Å². The van der Waals surface area contributed by atoms with Crippen LogP contribution in [-0.2, 0) is 0 Å². The maximum absolute atomic E-state index is 9.57. The van der Waals surface area contributed by atoms with E-state index in [1.807, 2.05) is 12.1 Å². The maximum Gasteiger partial charge on any atom is 0.108 e. The summed E-state index contributed by atoms with van der Waals surface area (Å²) >= 11 is 0. The van der Waals surface area contributed by atoms with Gasteiger partial charge in [-0.25, -0.2) is 0 Å². The Morgan fingerprint density at radius 3 is 2.67 bits per heavy atom. The number of hydrogen-bond donors (Lipinski definition) is 2. The lowest BCUT2D eigenvalue weighted by molar-refractivity contribution is 0.182. The first-order chi connectivity index (χ1) is 7.22. The average molecular weight is 209 g/mol. The lowest BCUT2D eigenvalue weighted by atomic mass is 10.2. The van der Waals surface area contributed by atoms with E-state index in [1.54, 1.807) is 6.20 Å². The van der Waals surface area contributed by atoms with Gasteiger partial charge in [-0.05, 0) is 26.0 Å². The van der Waals surface area contributed by atoms with E-state index >= 15 is 0 Å². The summed E-state index contributed by atoms with van der Waals surface area (Å²) < 4.78 is 0. The van der Waals surface area contributed by atoms with Gasteiger partial charge in [-0.15, -0.1) is 0 Å². The number of pyridine rings is 1. The van der Waals surface area contributed by atoms with Gasteiger partial charge in [-0.1, -0.05) is 0 Å². The zero-order chi connectivity index (χ0) is 11.3. The number of hydrogen-bond acceptors (Lipinski definition) is 4. The van der Waals surface area contributed by atoms with Gasteiger partial charge in [-0.3, -0.25) is 4.98 Å². The molecule has 0 aliphatic rings. The van der Waals surface area contributed by atoms with Crippen LogP contribution in [0.5, 0.6) is 0 Å². The molecule has 0 amide bonds. The van der Waals surface area contributed by atoms with Crippen LogP contribution in [0.25, 0.3) is 0 Å². The monoisotopic (exact) mass is 209 g/mol. The van der Waals surface area contributed by atoms with Gasteiger partial charge in [-0.2, -0.15) is 0 Å². The van der Waals surface area contributed by atoms with E-state index in [-0.39, 0.29) is 6.54 Å². The van der Waals surface area contributed by atoms with Crippen LogP contribution in [0.1, 0.15) is 25.6 Å². The molecule has 0 aliphatic heterocycles. The molecule has 84 valence electrons. The summed E-state index contributed by atoms with van der Waals surface area (Å²) in [5.74, 6) is 0. The number of anilines is 1. The van der Waals surface area contributed by atoms with Gasteiger partial charge in [0.15, 0.2) is 0 Å². The molecule has 4 nitrogen and oxygen atoms in total. The van der Waals surface area contributed by atoms with Crippen molar-refractivity contribution in [2.45, 2.75) is 20.0 Å². The minimum atomic E-state index is -0.666. The number of aliphatic hydroxyl groups is 1. The van der Waals surface area contributed by atoms with Crippen LogP contribution in [0.15, 0.2) is 18.3 Å². The van der Waals surface area contributed by atoms with Crippen LogP contribution in [0.3, 0.4) is 0 Å². The first-order valence-electron chi connectivity index (χ1n) is 5.31. The molecule has 0 spiro atoms. The minimum absolute atomic E-state index is 0.203. The summed E-state index contributed by atoms with van der Waals surface area (Å²) in [7, 11) is 0. The second kappa shape index (κ2) is 5.68. The van der Waals surface area contributed by atoms with Gasteiger partial charge in [0.2, 0.25) is 0 Å². The lowest BCUT2D eigenvalue weighted by Gasteiger charge is -2.21. The fourth-order valence-electron chi connectivity index (χ4n) is 1.53. The predicted octanol–water partition coefficient (Wildman–Crippen LogP) is 0.920. The van der Waals surface area contributed by atoms with Crippen molar-refractivity contribution in [1.82, 2.24) is 4.98 Å². The van der Waals surface area contributed by atoms with Gasteiger partial charge < -0.3 is 15.7 Å². The quantitative estimate of drug-likeness (QED) is 0.757. The summed E-state index contributed by atoms with van der Waals surface area (Å²) in [5, 5.41) is 9.57. The van der Waals surface area contributed by atoms with Crippen molar-refractivity contribution >= 4 is 5.69 Å². The highest BCUT2D eigenvalue weighted by atomic mass is 16.3. The van der Waals surface area contributed by atoms with Crippen molar-refractivity contribution < 1.29 is 5.11 Å². The van der Waals surface area contributed by atoms with Crippen molar-refractivity contribution in [3.63, 3.8) is 0 Å². The van der Waals surface area contributed by atoms with Crippen molar-refractivity contribution in [3.8, 4) is 0 Å². The van der Waals surface area contributed by atoms with Crippen LogP contribution in [0.4, 0.5) is 5.69 Å². The Kier molecular flexibility index (Phi) is 4.52. The lowest BCUT2D eigenvalue weighted by Crippen LogP contribution is -2.22. The molecule has 0 saturated heterocycles. The van der Waals surface area contributed by atoms with Gasteiger partial charge in [0.05, 0.1) is 5.69 Å². The van der Waals surface area contributed by atoms with Crippen LogP contribution in [0, 0.1) is 0 Å².